The second-order valence-corrected chi connectivity index (χ2v) is 11.5. The van der Waals surface area contributed by atoms with Crippen LogP contribution in [0.3, 0.4) is 0 Å². The summed E-state index contributed by atoms with van der Waals surface area (Å²) in [4.78, 5) is 15.1. The Morgan fingerprint density at radius 2 is 1.90 bits per heavy atom. The number of nitrogens with zero attached hydrogens (tertiary/aromatic N) is 1. The van der Waals surface area contributed by atoms with Crippen molar-refractivity contribution in [1.29, 1.82) is 0 Å². The molecular weight excluding hydrogens is 366 g/mol. The summed E-state index contributed by atoms with van der Waals surface area (Å²) in [6.45, 7) is 11.3. The molecule has 0 aromatic rings. The molecule has 2 N–H and O–H groups in total. The number of rotatable bonds is 1. The van der Waals surface area contributed by atoms with E-state index in [4.69, 9.17) is 4.74 Å². The van der Waals surface area contributed by atoms with Gasteiger partial charge in [0.1, 0.15) is 5.60 Å². The fourth-order valence-electron chi connectivity index (χ4n) is 7.35. The lowest BCUT2D eigenvalue weighted by atomic mass is 9.49. The van der Waals surface area contributed by atoms with Crippen LogP contribution >= 0.6 is 0 Å². The van der Waals surface area contributed by atoms with Crippen molar-refractivity contribution in [2.24, 2.45) is 34.5 Å². The van der Waals surface area contributed by atoms with Crippen molar-refractivity contribution in [3.8, 4) is 0 Å². The fraction of sp³-hybridized carbons (Fsp3) is 0.875. The normalized spacial score (nSPS) is 44.4. The van der Waals surface area contributed by atoms with E-state index in [-0.39, 0.29) is 23.5 Å². The van der Waals surface area contributed by atoms with Crippen LogP contribution in [-0.2, 0) is 4.74 Å². The fourth-order valence-corrected chi connectivity index (χ4v) is 7.35. The predicted molar refractivity (Wildman–Crippen MR) is 112 cm³/mol. The van der Waals surface area contributed by atoms with E-state index >= 15 is 0 Å². The number of hydrogen-bond donors (Lipinski definition) is 2. The zero-order chi connectivity index (χ0) is 21.2. The van der Waals surface area contributed by atoms with E-state index in [9.17, 15) is 15.0 Å². The maximum atomic E-state index is 13.2. The van der Waals surface area contributed by atoms with Crippen molar-refractivity contribution in [3.05, 3.63) is 11.8 Å². The molecule has 0 spiro atoms. The van der Waals surface area contributed by atoms with Crippen LogP contribution in [-0.4, -0.2) is 46.1 Å². The lowest BCUT2D eigenvalue weighted by Crippen LogP contribution is -2.59. The number of fused-ring (bicyclic) bond motifs is 5. The molecule has 5 heteroatoms. The summed E-state index contributed by atoms with van der Waals surface area (Å²) in [6, 6.07) is 0. The highest BCUT2D eigenvalue weighted by molar-refractivity contribution is 5.71. The molecule has 0 aromatic carbocycles. The monoisotopic (exact) mass is 405 g/mol. The van der Waals surface area contributed by atoms with Gasteiger partial charge >= 0.3 is 6.09 Å². The first-order chi connectivity index (χ1) is 13.5. The number of carbonyl (C=O) groups excluding carboxylic acids is 1. The van der Waals surface area contributed by atoms with E-state index in [1.807, 2.05) is 31.7 Å². The van der Waals surface area contributed by atoms with Gasteiger partial charge < -0.3 is 14.9 Å². The Hall–Kier alpha value is -1.07. The Bertz CT molecular complexity index is 697. The number of amides is 1. The van der Waals surface area contributed by atoms with Gasteiger partial charge in [-0.15, -0.1) is 0 Å². The second-order valence-electron chi connectivity index (χ2n) is 11.5. The van der Waals surface area contributed by atoms with Gasteiger partial charge in [-0.2, -0.15) is 0 Å². The maximum absolute atomic E-state index is 13.2. The highest BCUT2D eigenvalue weighted by Crippen LogP contribution is 2.65. The van der Waals surface area contributed by atoms with Crippen molar-refractivity contribution in [2.45, 2.75) is 84.8 Å². The van der Waals surface area contributed by atoms with Crippen LogP contribution < -0.4 is 0 Å². The van der Waals surface area contributed by atoms with Gasteiger partial charge in [0.25, 0.3) is 0 Å². The van der Waals surface area contributed by atoms with E-state index in [1.54, 1.807) is 0 Å². The Labute approximate surface area is 175 Å². The topological polar surface area (TPSA) is 70.0 Å². The van der Waals surface area contributed by atoms with Crippen molar-refractivity contribution in [1.82, 2.24) is 4.90 Å². The molecule has 1 heterocycles. The molecule has 1 saturated heterocycles. The molecule has 2 saturated carbocycles. The van der Waals surface area contributed by atoms with Gasteiger partial charge in [-0.3, -0.25) is 4.90 Å². The number of carbonyl (C=O) groups is 1. The lowest BCUT2D eigenvalue weighted by Gasteiger charge is -2.60. The van der Waals surface area contributed by atoms with Crippen LogP contribution in [0.15, 0.2) is 11.8 Å². The molecule has 5 nitrogen and oxygen atoms in total. The van der Waals surface area contributed by atoms with Crippen molar-refractivity contribution in [2.75, 3.05) is 13.2 Å². The molecule has 3 aliphatic carbocycles. The lowest BCUT2D eigenvalue weighted by molar-refractivity contribution is -0.0877. The van der Waals surface area contributed by atoms with Gasteiger partial charge in [0.05, 0.1) is 6.10 Å². The molecule has 4 rings (SSSR count). The number of aliphatic hydroxyl groups is 2. The largest absolute Gasteiger partial charge is 0.443 e. The highest BCUT2D eigenvalue weighted by Gasteiger charge is 2.61. The SMILES string of the molecule is CC(C)(C)OC(=O)N1C[C@@H]2[C@@H](CC[C@]3(C)C(CO)CC[C@@H]23)[C@@]2(C)CCC(O)C=C12. The molecule has 2 unspecified atom stereocenters. The first-order valence-corrected chi connectivity index (χ1v) is 11.5. The zero-order valence-electron chi connectivity index (χ0n) is 18.8. The Morgan fingerprint density at radius 1 is 1.17 bits per heavy atom. The van der Waals surface area contributed by atoms with Crippen LogP contribution in [0, 0.1) is 34.5 Å². The average Bonchev–Trinajstić information content (AvgIpc) is 2.97. The number of piperidine rings is 1. The molecule has 7 atom stereocenters. The summed E-state index contributed by atoms with van der Waals surface area (Å²) >= 11 is 0. The third-order valence-electron chi connectivity index (χ3n) is 8.87. The average molecular weight is 406 g/mol. The second kappa shape index (κ2) is 6.98. The summed E-state index contributed by atoms with van der Waals surface area (Å²) in [5.74, 6) is 1.86. The Kier molecular flexibility index (Phi) is 5.10. The van der Waals surface area contributed by atoms with Crippen molar-refractivity contribution in [3.63, 3.8) is 0 Å². The Morgan fingerprint density at radius 3 is 2.55 bits per heavy atom. The molecule has 1 amide bonds. The molecular formula is C24H39NO4. The first kappa shape index (κ1) is 21.2. The summed E-state index contributed by atoms with van der Waals surface area (Å²) < 4.78 is 5.79. The zero-order valence-corrected chi connectivity index (χ0v) is 18.8. The van der Waals surface area contributed by atoms with Gasteiger partial charge in [0, 0.05) is 24.3 Å². The molecule has 29 heavy (non-hydrogen) atoms. The predicted octanol–water partition coefficient (Wildman–Crippen LogP) is 4.33. The van der Waals surface area contributed by atoms with Gasteiger partial charge in [-0.1, -0.05) is 13.8 Å². The molecule has 1 aliphatic heterocycles. The minimum atomic E-state index is -0.547. The van der Waals surface area contributed by atoms with Gasteiger partial charge in [0.2, 0.25) is 0 Å². The molecule has 0 radical (unpaired) electrons. The first-order valence-electron chi connectivity index (χ1n) is 11.5. The minimum absolute atomic E-state index is 0.0995. The molecule has 0 aromatic heterocycles. The van der Waals surface area contributed by atoms with Crippen LogP contribution in [0.2, 0.25) is 0 Å². The van der Waals surface area contributed by atoms with Crippen LogP contribution in [0.1, 0.15) is 73.1 Å². The van der Waals surface area contributed by atoms with E-state index in [0.717, 1.165) is 44.2 Å². The molecule has 4 aliphatic rings. The van der Waals surface area contributed by atoms with Crippen LogP contribution in [0.5, 0.6) is 0 Å². The van der Waals surface area contributed by atoms with E-state index in [2.05, 4.69) is 13.8 Å². The van der Waals surface area contributed by atoms with E-state index < -0.39 is 11.7 Å². The third kappa shape index (κ3) is 3.33. The number of allylic oxidation sites excluding steroid dienone is 1. The number of aliphatic hydroxyl groups excluding tert-OH is 2. The number of hydrogen-bond acceptors (Lipinski definition) is 4. The molecule has 164 valence electrons. The van der Waals surface area contributed by atoms with Gasteiger partial charge in [-0.05, 0) is 94.5 Å². The van der Waals surface area contributed by atoms with Crippen LogP contribution in [0.4, 0.5) is 4.79 Å². The molecule has 3 fully saturated rings. The summed E-state index contributed by atoms with van der Waals surface area (Å²) in [6.07, 6.45) is 7.34. The summed E-state index contributed by atoms with van der Waals surface area (Å²) in [5.41, 5.74) is 0.500. The number of ether oxygens (including phenoxy) is 1. The van der Waals surface area contributed by atoms with Crippen molar-refractivity contribution >= 4 is 6.09 Å². The van der Waals surface area contributed by atoms with Gasteiger partial charge in [-0.25, -0.2) is 4.79 Å². The highest BCUT2D eigenvalue weighted by atomic mass is 16.6. The summed E-state index contributed by atoms with van der Waals surface area (Å²) in [5, 5.41) is 20.3. The standard InChI is InChI=1S/C24H39NO4/c1-22(2,3)29-21(28)25-13-17-18-7-6-15(14-26)23(18,4)11-9-19(17)24(5)10-8-16(27)12-20(24)25/h12,15-19,26-27H,6-11,13-14H2,1-5H3/t15?,16?,17-,18-,19+,23+,24+/m0/s1. The summed E-state index contributed by atoms with van der Waals surface area (Å²) in [7, 11) is 0. The third-order valence-corrected chi connectivity index (χ3v) is 8.87. The maximum Gasteiger partial charge on any atom is 0.414 e. The van der Waals surface area contributed by atoms with Crippen molar-refractivity contribution < 1.29 is 19.7 Å². The number of likely N-dealkylation sites (tertiary alicyclic amines) is 1. The van der Waals surface area contributed by atoms with E-state index in [1.165, 1.54) is 0 Å². The van der Waals surface area contributed by atoms with E-state index in [0.29, 0.717) is 30.2 Å². The quantitative estimate of drug-likeness (QED) is 0.681. The van der Waals surface area contributed by atoms with Crippen LogP contribution in [0.25, 0.3) is 0 Å². The van der Waals surface area contributed by atoms with Gasteiger partial charge in [0.15, 0.2) is 0 Å². The smallest absolute Gasteiger partial charge is 0.414 e. The minimum Gasteiger partial charge on any atom is -0.443 e. The molecule has 0 bridgehead atoms. The Balaban J connectivity index is 1.72.